The van der Waals surface area contributed by atoms with Crippen LogP contribution < -0.4 is 5.73 Å². The third kappa shape index (κ3) is 2.65. The molecule has 3 N–H and O–H groups in total. The van der Waals surface area contributed by atoms with Gasteiger partial charge in [-0.25, -0.2) is 4.98 Å². The molecule has 0 bridgehead atoms. The molecule has 1 heterocycles. The van der Waals surface area contributed by atoms with Gasteiger partial charge in [-0.05, 0) is 37.6 Å². The lowest BCUT2D eigenvalue weighted by atomic mass is 9.90. The van der Waals surface area contributed by atoms with E-state index in [9.17, 15) is 0 Å². The van der Waals surface area contributed by atoms with Crippen LogP contribution in [0.4, 0.5) is 0 Å². The number of nitrogens with one attached hydrogen (secondary N) is 1. The van der Waals surface area contributed by atoms with E-state index in [0.717, 1.165) is 24.0 Å². The second-order valence-corrected chi connectivity index (χ2v) is 5.68. The fraction of sp³-hybridized carbons (Fsp3) is 0.533. The normalized spacial score (nSPS) is 24.2. The summed E-state index contributed by atoms with van der Waals surface area (Å²) in [5.41, 5.74) is 9.70. The molecule has 1 saturated carbocycles. The monoisotopic (exact) mass is 258 g/mol. The third-order valence-electron chi connectivity index (χ3n) is 4.26. The van der Waals surface area contributed by atoms with Crippen molar-refractivity contribution in [1.82, 2.24) is 14.9 Å². The Hall–Kier alpha value is -1.39. The molecule has 1 aliphatic carbocycles. The van der Waals surface area contributed by atoms with E-state index < -0.39 is 0 Å². The van der Waals surface area contributed by atoms with Crippen molar-refractivity contribution >= 4 is 11.0 Å². The summed E-state index contributed by atoms with van der Waals surface area (Å²) in [7, 11) is 2.19. The highest BCUT2D eigenvalue weighted by atomic mass is 15.1. The average molecular weight is 258 g/mol. The summed E-state index contributed by atoms with van der Waals surface area (Å²) in [4.78, 5) is 9.82. The van der Waals surface area contributed by atoms with E-state index in [1.54, 1.807) is 6.33 Å². The molecule has 3 rings (SSSR count). The highest BCUT2D eigenvalue weighted by molar-refractivity contribution is 5.74. The first-order valence-corrected chi connectivity index (χ1v) is 7.12. The zero-order valence-corrected chi connectivity index (χ0v) is 11.5. The van der Waals surface area contributed by atoms with Gasteiger partial charge in [-0.15, -0.1) is 0 Å². The molecule has 0 aliphatic heterocycles. The molecule has 1 aromatic heterocycles. The van der Waals surface area contributed by atoms with E-state index in [-0.39, 0.29) is 0 Å². The number of aromatic amines is 1. The smallest absolute Gasteiger partial charge is 0.0931 e. The molecule has 102 valence electrons. The molecule has 1 aliphatic rings. The minimum atomic E-state index is 0.328. The van der Waals surface area contributed by atoms with Crippen molar-refractivity contribution in [2.45, 2.75) is 44.3 Å². The zero-order chi connectivity index (χ0) is 13.2. The van der Waals surface area contributed by atoms with Crippen LogP contribution in [0.5, 0.6) is 0 Å². The van der Waals surface area contributed by atoms with E-state index in [1.807, 2.05) is 0 Å². The molecule has 19 heavy (non-hydrogen) atoms. The first kappa shape index (κ1) is 12.6. The van der Waals surface area contributed by atoms with Crippen molar-refractivity contribution in [3.63, 3.8) is 0 Å². The Kier molecular flexibility index (Phi) is 3.53. The number of H-pyrrole nitrogens is 1. The van der Waals surface area contributed by atoms with Crippen molar-refractivity contribution in [2.75, 3.05) is 7.05 Å². The Bertz CT molecular complexity index is 548. The molecule has 0 spiro atoms. The molecule has 0 radical (unpaired) electrons. The maximum atomic E-state index is 6.25. The fourth-order valence-electron chi connectivity index (χ4n) is 3.17. The number of benzene rings is 1. The van der Waals surface area contributed by atoms with E-state index in [2.05, 4.69) is 40.1 Å². The van der Waals surface area contributed by atoms with Gasteiger partial charge < -0.3 is 10.7 Å². The summed E-state index contributed by atoms with van der Waals surface area (Å²) in [6.07, 6.45) is 6.72. The summed E-state index contributed by atoms with van der Waals surface area (Å²) >= 11 is 0. The van der Waals surface area contributed by atoms with Crippen molar-refractivity contribution in [3.05, 3.63) is 30.1 Å². The quantitative estimate of drug-likeness (QED) is 0.888. The number of nitrogens with two attached hydrogens (primary N) is 1. The van der Waals surface area contributed by atoms with Crippen LogP contribution in [0.3, 0.4) is 0 Å². The summed E-state index contributed by atoms with van der Waals surface area (Å²) < 4.78 is 0. The lowest BCUT2D eigenvalue weighted by molar-refractivity contribution is 0.162. The van der Waals surface area contributed by atoms with Crippen LogP contribution >= 0.6 is 0 Å². The molecule has 1 aromatic carbocycles. The third-order valence-corrected chi connectivity index (χ3v) is 4.26. The molecule has 2 atom stereocenters. The SMILES string of the molecule is CN(Cc1ccc2nc[nH]c2c1)C1CCCCC1N. The number of likely N-dealkylation sites (N-methyl/N-ethyl adjacent to an activating group) is 1. The van der Waals surface area contributed by atoms with Gasteiger partial charge in [0.2, 0.25) is 0 Å². The first-order chi connectivity index (χ1) is 9.24. The van der Waals surface area contributed by atoms with Crippen molar-refractivity contribution in [1.29, 1.82) is 0 Å². The number of fused-ring (bicyclic) bond motifs is 1. The first-order valence-electron chi connectivity index (χ1n) is 7.12. The average Bonchev–Trinajstić information content (AvgIpc) is 2.86. The number of hydrogen-bond donors (Lipinski definition) is 2. The van der Waals surface area contributed by atoms with Crippen LogP contribution in [0, 0.1) is 0 Å². The highest BCUT2D eigenvalue weighted by Crippen LogP contribution is 2.23. The molecule has 0 amide bonds. The maximum absolute atomic E-state index is 6.25. The molecule has 0 saturated heterocycles. The van der Waals surface area contributed by atoms with Gasteiger partial charge in [0.05, 0.1) is 17.4 Å². The van der Waals surface area contributed by atoms with Crippen LogP contribution in [0.2, 0.25) is 0 Å². The molecule has 1 fully saturated rings. The summed E-state index contributed by atoms with van der Waals surface area (Å²) in [5, 5.41) is 0. The van der Waals surface area contributed by atoms with Gasteiger partial charge in [0.1, 0.15) is 0 Å². The van der Waals surface area contributed by atoms with E-state index in [0.29, 0.717) is 12.1 Å². The lowest BCUT2D eigenvalue weighted by Gasteiger charge is -2.36. The molecule has 4 nitrogen and oxygen atoms in total. The molecule has 4 heteroatoms. The van der Waals surface area contributed by atoms with Gasteiger partial charge in [0, 0.05) is 18.6 Å². The van der Waals surface area contributed by atoms with Gasteiger partial charge in [0.25, 0.3) is 0 Å². The van der Waals surface area contributed by atoms with Gasteiger partial charge >= 0.3 is 0 Å². The van der Waals surface area contributed by atoms with Crippen LogP contribution in [-0.2, 0) is 6.54 Å². The Morgan fingerprint density at radius 2 is 2.21 bits per heavy atom. The molecular weight excluding hydrogens is 236 g/mol. The summed E-state index contributed by atoms with van der Waals surface area (Å²) in [5.74, 6) is 0. The van der Waals surface area contributed by atoms with Gasteiger partial charge in [-0.1, -0.05) is 18.9 Å². The molecular formula is C15H22N4. The molecule has 2 unspecified atom stereocenters. The van der Waals surface area contributed by atoms with Crippen molar-refractivity contribution < 1.29 is 0 Å². The molecule has 2 aromatic rings. The number of imidazole rings is 1. The number of hydrogen-bond acceptors (Lipinski definition) is 3. The Balaban J connectivity index is 1.72. The number of nitrogens with zero attached hydrogens (tertiary/aromatic N) is 2. The Labute approximate surface area is 114 Å². The standard InChI is InChI=1S/C15H22N4/c1-19(15-5-3-2-4-12(15)16)9-11-6-7-13-14(8-11)18-10-17-13/h6-8,10,12,15H,2-5,9,16H2,1H3,(H,17,18). The fourth-order valence-corrected chi connectivity index (χ4v) is 3.17. The Morgan fingerprint density at radius 1 is 1.37 bits per heavy atom. The highest BCUT2D eigenvalue weighted by Gasteiger charge is 2.25. The van der Waals surface area contributed by atoms with Crippen LogP contribution in [0.25, 0.3) is 11.0 Å². The predicted octanol–water partition coefficient (Wildman–Crippen LogP) is 2.26. The number of aromatic nitrogens is 2. The second-order valence-electron chi connectivity index (χ2n) is 5.68. The predicted molar refractivity (Wildman–Crippen MR) is 77.8 cm³/mol. The maximum Gasteiger partial charge on any atom is 0.0931 e. The van der Waals surface area contributed by atoms with Gasteiger partial charge in [0.15, 0.2) is 0 Å². The lowest BCUT2D eigenvalue weighted by Crippen LogP contribution is -2.47. The van der Waals surface area contributed by atoms with Gasteiger partial charge in [-0.3, -0.25) is 4.90 Å². The van der Waals surface area contributed by atoms with Gasteiger partial charge in [-0.2, -0.15) is 0 Å². The second kappa shape index (κ2) is 5.31. The van der Waals surface area contributed by atoms with Crippen LogP contribution in [0.15, 0.2) is 24.5 Å². The van der Waals surface area contributed by atoms with E-state index >= 15 is 0 Å². The van der Waals surface area contributed by atoms with Crippen molar-refractivity contribution in [2.24, 2.45) is 5.73 Å². The van der Waals surface area contributed by atoms with E-state index in [4.69, 9.17) is 5.73 Å². The number of rotatable bonds is 3. The van der Waals surface area contributed by atoms with Crippen LogP contribution in [0.1, 0.15) is 31.2 Å². The topological polar surface area (TPSA) is 57.9 Å². The summed E-state index contributed by atoms with van der Waals surface area (Å²) in [6, 6.07) is 7.28. The summed E-state index contributed by atoms with van der Waals surface area (Å²) in [6.45, 7) is 0.952. The Morgan fingerprint density at radius 3 is 3.05 bits per heavy atom. The minimum Gasteiger partial charge on any atom is -0.345 e. The minimum absolute atomic E-state index is 0.328. The largest absolute Gasteiger partial charge is 0.345 e. The van der Waals surface area contributed by atoms with Crippen LogP contribution in [-0.4, -0.2) is 34.0 Å². The zero-order valence-electron chi connectivity index (χ0n) is 11.5. The van der Waals surface area contributed by atoms with E-state index in [1.165, 1.54) is 24.8 Å². The van der Waals surface area contributed by atoms with Crippen molar-refractivity contribution in [3.8, 4) is 0 Å².